The number of hydrogen-bond acceptors (Lipinski definition) is 2. The molecule has 0 spiro atoms. The Morgan fingerprint density at radius 3 is 2.53 bits per heavy atom. The zero-order valence-corrected chi connectivity index (χ0v) is 13.3. The Hall–Kier alpha value is -0.800. The molecule has 108 valence electrons. The van der Waals surface area contributed by atoms with Gasteiger partial charge in [0.15, 0.2) is 0 Å². The topological polar surface area (TPSA) is 40.7 Å². The number of allylic oxidation sites excluding steroid dienone is 1. The van der Waals surface area contributed by atoms with E-state index in [-0.39, 0.29) is 0 Å². The molecular weight excluding hydrogens is 258 g/mol. The van der Waals surface area contributed by atoms with E-state index in [1.165, 1.54) is 18.5 Å². The summed E-state index contributed by atoms with van der Waals surface area (Å²) in [6, 6.07) is 0. The van der Waals surface area contributed by atoms with Crippen molar-refractivity contribution in [2.24, 2.45) is 0 Å². The summed E-state index contributed by atoms with van der Waals surface area (Å²) in [5, 5.41) is 4.16. The van der Waals surface area contributed by atoms with E-state index < -0.39 is 0 Å². The number of imidazole rings is 1. The van der Waals surface area contributed by atoms with Gasteiger partial charge in [0.05, 0.1) is 5.69 Å². The van der Waals surface area contributed by atoms with E-state index in [9.17, 15) is 0 Å². The lowest BCUT2D eigenvalue weighted by atomic mass is 9.98. The summed E-state index contributed by atoms with van der Waals surface area (Å²) in [4.78, 5) is 8.17. The van der Waals surface area contributed by atoms with Gasteiger partial charge in [-0.3, -0.25) is 0 Å². The Labute approximate surface area is 121 Å². The highest BCUT2D eigenvalue weighted by Gasteiger charge is 2.19. The minimum Gasteiger partial charge on any atom is -0.345 e. The average molecular weight is 284 g/mol. The summed E-state index contributed by atoms with van der Waals surface area (Å²) in [6.45, 7) is 10.2. The van der Waals surface area contributed by atoms with Gasteiger partial charge in [0, 0.05) is 16.6 Å². The SMILES string of the molecule is CC.CCc1[nH]c(C2CCNCC2)nc1/C=C(\C)Cl. The van der Waals surface area contributed by atoms with E-state index in [1.807, 2.05) is 26.8 Å². The lowest BCUT2D eigenvalue weighted by Gasteiger charge is -2.20. The highest BCUT2D eigenvalue weighted by molar-refractivity contribution is 6.31. The molecule has 1 fully saturated rings. The maximum atomic E-state index is 5.93. The average Bonchev–Trinajstić information content (AvgIpc) is 2.84. The van der Waals surface area contributed by atoms with Crippen LogP contribution in [0.3, 0.4) is 0 Å². The molecule has 0 bridgehead atoms. The van der Waals surface area contributed by atoms with Crippen LogP contribution in [0.25, 0.3) is 6.08 Å². The number of piperidine rings is 1. The van der Waals surface area contributed by atoms with Gasteiger partial charge in [-0.25, -0.2) is 4.98 Å². The molecule has 1 saturated heterocycles. The van der Waals surface area contributed by atoms with E-state index in [1.54, 1.807) is 0 Å². The number of aryl methyl sites for hydroxylation is 1. The van der Waals surface area contributed by atoms with Crippen LogP contribution in [0.15, 0.2) is 5.03 Å². The fraction of sp³-hybridized carbons (Fsp3) is 0.667. The van der Waals surface area contributed by atoms with Crippen LogP contribution in [-0.2, 0) is 6.42 Å². The maximum absolute atomic E-state index is 5.93. The van der Waals surface area contributed by atoms with Crippen LogP contribution in [0.2, 0.25) is 0 Å². The molecule has 1 aliphatic heterocycles. The standard InChI is InChI=1S/C13H20ClN3.C2H6/c1-3-11-12(8-9(2)14)17-13(16-11)10-4-6-15-7-5-10;1-2/h8,10,15H,3-7H2,1-2H3,(H,16,17);1-2H3/b9-8+;. The van der Waals surface area contributed by atoms with Crippen molar-refractivity contribution in [1.82, 2.24) is 15.3 Å². The quantitative estimate of drug-likeness (QED) is 0.878. The van der Waals surface area contributed by atoms with Gasteiger partial charge in [0.1, 0.15) is 5.82 Å². The van der Waals surface area contributed by atoms with Gasteiger partial charge in [-0.1, -0.05) is 32.4 Å². The molecule has 0 saturated carbocycles. The molecule has 0 atom stereocenters. The summed E-state index contributed by atoms with van der Waals surface area (Å²) in [5.74, 6) is 1.70. The number of aromatic amines is 1. The fourth-order valence-corrected chi connectivity index (χ4v) is 2.41. The van der Waals surface area contributed by atoms with E-state index in [2.05, 4.69) is 17.2 Å². The third kappa shape index (κ3) is 4.66. The largest absolute Gasteiger partial charge is 0.345 e. The molecule has 0 aliphatic carbocycles. The maximum Gasteiger partial charge on any atom is 0.110 e. The van der Waals surface area contributed by atoms with Crippen LogP contribution < -0.4 is 5.32 Å². The molecule has 2 rings (SSSR count). The molecular formula is C15H26ClN3. The molecule has 19 heavy (non-hydrogen) atoms. The number of rotatable bonds is 3. The number of nitrogens with one attached hydrogen (secondary N) is 2. The van der Waals surface area contributed by atoms with Crippen molar-refractivity contribution in [1.29, 1.82) is 0 Å². The Morgan fingerprint density at radius 2 is 2.00 bits per heavy atom. The minimum absolute atomic E-state index is 0.569. The minimum atomic E-state index is 0.569. The van der Waals surface area contributed by atoms with Crippen LogP contribution in [0.5, 0.6) is 0 Å². The summed E-state index contributed by atoms with van der Waals surface area (Å²) in [7, 11) is 0. The molecule has 0 unspecified atom stereocenters. The van der Waals surface area contributed by atoms with Gasteiger partial charge in [-0.15, -0.1) is 0 Å². The smallest absolute Gasteiger partial charge is 0.110 e. The Morgan fingerprint density at radius 1 is 1.37 bits per heavy atom. The summed E-state index contributed by atoms with van der Waals surface area (Å²) < 4.78 is 0. The van der Waals surface area contributed by atoms with Crippen molar-refractivity contribution in [2.45, 2.75) is 52.9 Å². The normalized spacial score (nSPS) is 17.0. The van der Waals surface area contributed by atoms with Crippen LogP contribution in [0, 0.1) is 0 Å². The summed E-state index contributed by atoms with van der Waals surface area (Å²) in [5.41, 5.74) is 2.20. The first-order valence-electron chi connectivity index (χ1n) is 7.34. The van der Waals surface area contributed by atoms with E-state index in [0.717, 1.165) is 36.1 Å². The first kappa shape index (κ1) is 16.3. The van der Waals surface area contributed by atoms with Gasteiger partial charge in [0.25, 0.3) is 0 Å². The number of H-pyrrole nitrogens is 1. The number of nitrogens with zero attached hydrogens (tertiary/aromatic N) is 1. The van der Waals surface area contributed by atoms with Gasteiger partial charge < -0.3 is 10.3 Å². The Bertz CT molecular complexity index is 400. The van der Waals surface area contributed by atoms with E-state index in [4.69, 9.17) is 16.6 Å². The molecule has 3 nitrogen and oxygen atoms in total. The monoisotopic (exact) mass is 283 g/mol. The Kier molecular flexibility index (Phi) is 7.17. The van der Waals surface area contributed by atoms with E-state index >= 15 is 0 Å². The Balaban J connectivity index is 0.000000861. The summed E-state index contributed by atoms with van der Waals surface area (Å²) in [6.07, 6.45) is 5.24. The predicted molar refractivity (Wildman–Crippen MR) is 83.7 cm³/mol. The van der Waals surface area contributed by atoms with Crippen molar-refractivity contribution in [3.8, 4) is 0 Å². The predicted octanol–water partition coefficient (Wildman–Crippen LogP) is 4.06. The molecule has 1 aromatic heterocycles. The fourth-order valence-electron chi connectivity index (χ4n) is 2.31. The second-order valence-corrected chi connectivity index (χ2v) is 5.19. The summed E-state index contributed by atoms with van der Waals surface area (Å²) >= 11 is 5.93. The highest BCUT2D eigenvalue weighted by atomic mass is 35.5. The second kappa shape index (κ2) is 8.39. The molecule has 0 amide bonds. The zero-order valence-electron chi connectivity index (χ0n) is 12.5. The number of aromatic nitrogens is 2. The van der Waals surface area contributed by atoms with Crippen molar-refractivity contribution >= 4 is 17.7 Å². The molecule has 0 radical (unpaired) electrons. The molecule has 4 heteroatoms. The lowest BCUT2D eigenvalue weighted by molar-refractivity contribution is 0.447. The zero-order chi connectivity index (χ0) is 14.3. The first-order chi connectivity index (χ1) is 9.20. The van der Waals surface area contributed by atoms with Crippen LogP contribution in [-0.4, -0.2) is 23.1 Å². The van der Waals surface area contributed by atoms with Crippen molar-refractivity contribution in [2.75, 3.05) is 13.1 Å². The number of hydrogen-bond donors (Lipinski definition) is 2. The molecule has 2 heterocycles. The van der Waals surface area contributed by atoms with Gasteiger partial charge in [-0.2, -0.15) is 0 Å². The second-order valence-electron chi connectivity index (χ2n) is 4.59. The van der Waals surface area contributed by atoms with Crippen molar-refractivity contribution in [3.05, 3.63) is 22.2 Å². The van der Waals surface area contributed by atoms with Crippen molar-refractivity contribution < 1.29 is 0 Å². The van der Waals surface area contributed by atoms with Gasteiger partial charge in [-0.05, 0) is 45.4 Å². The van der Waals surface area contributed by atoms with Gasteiger partial charge >= 0.3 is 0 Å². The third-order valence-electron chi connectivity index (χ3n) is 3.24. The first-order valence-corrected chi connectivity index (χ1v) is 7.71. The molecule has 1 aromatic rings. The number of halogens is 1. The molecule has 2 N–H and O–H groups in total. The lowest BCUT2D eigenvalue weighted by Crippen LogP contribution is -2.27. The van der Waals surface area contributed by atoms with Crippen LogP contribution in [0.1, 0.15) is 63.7 Å². The van der Waals surface area contributed by atoms with Crippen molar-refractivity contribution in [3.63, 3.8) is 0 Å². The molecule has 0 aromatic carbocycles. The van der Waals surface area contributed by atoms with E-state index in [0.29, 0.717) is 5.92 Å². The van der Waals surface area contributed by atoms with Gasteiger partial charge in [0.2, 0.25) is 0 Å². The molecule has 1 aliphatic rings. The van der Waals surface area contributed by atoms with Crippen LogP contribution in [0.4, 0.5) is 0 Å². The third-order valence-corrected chi connectivity index (χ3v) is 3.35. The highest BCUT2D eigenvalue weighted by Crippen LogP contribution is 2.25. The van der Waals surface area contributed by atoms with Crippen LogP contribution >= 0.6 is 11.6 Å².